The minimum absolute atomic E-state index is 0.182. The molecule has 5 heteroatoms. The fourth-order valence-corrected chi connectivity index (χ4v) is 7.71. The molecule has 5 fully saturated rings. The van der Waals surface area contributed by atoms with Crippen LogP contribution in [0.4, 0.5) is 4.39 Å². The molecule has 2 aliphatic heterocycles. The Kier molecular flexibility index (Phi) is 5.33. The van der Waals surface area contributed by atoms with Gasteiger partial charge in [0, 0.05) is 44.2 Å². The van der Waals surface area contributed by atoms with Crippen molar-refractivity contribution in [3.63, 3.8) is 0 Å². The Hall–Kier alpha value is -1.46. The number of nitrogens with zero attached hydrogens (tertiary/aromatic N) is 3. The molecular formula is C27H39FN4. The van der Waals surface area contributed by atoms with E-state index < -0.39 is 0 Å². The lowest BCUT2D eigenvalue weighted by molar-refractivity contribution is -0.112. The Bertz CT molecular complexity index is 965. The van der Waals surface area contributed by atoms with Gasteiger partial charge in [-0.2, -0.15) is 0 Å². The molecule has 4 nitrogen and oxygen atoms in total. The van der Waals surface area contributed by atoms with Crippen molar-refractivity contribution in [3.8, 4) is 0 Å². The van der Waals surface area contributed by atoms with Gasteiger partial charge >= 0.3 is 0 Å². The van der Waals surface area contributed by atoms with E-state index in [0.29, 0.717) is 17.4 Å². The SMILES string of the molecule is CC1(C)[C@H]2CC[C@@H](CN3CCC(n4c([C@@H]5CCCNC5)nc5cc(F)ccc54)CC3)[C@@H]1C2. The van der Waals surface area contributed by atoms with Crippen molar-refractivity contribution in [1.82, 2.24) is 19.8 Å². The fourth-order valence-electron chi connectivity index (χ4n) is 7.71. The van der Waals surface area contributed by atoms with Gasteiger partial charge in [0.2, 0.25) is 0 Å². The summed E-state index contributed by atoms with van der Waals surface area (Å²) in [4.78, 5) is 7.73. The van der Waals surface area contributed by atoms with Crippen LogP contribution in [0, 0.1) is 29.0 Å². The van der Waals surface area contributed by atoms with Crippen LogP contribution in [0.5, 0.6) is 0 Å². The van der Waals surface area contributed by atoms with Crippen molar-refractivity contribution in [2.24, 2.45) is 23.2 Å². The number of hydrogen-bond acceptors (Lipinski definition) is 3. The molecule has 32 heavy (non-hydrogen) atoms. The van der Waals surface area contributed by atoms with E-state index >= 15 is 0 Å². The first-order chi connectivity index (χ1) is 15.5. The Balaban J connectivity index is 1.19. The number of aromatic nitrogens is 2. The molecule has 1 aromatic heterocycles. The summed E-state index contributed by atoms with van der Waals surface area (Å²) in [6.07, 6.45) is 9.09. The molecule has 0 radical (unpaired) electrons. The van der Waals surface area contributed by atoms with Crippen LogP contribution in [0.2, 0.25) is 0 Å². The topological polar surface area (TPSA) is 33.1 Å². The van der Waals surface area contributed by atoms with Crippen LogP contribution in [-0.2, 0) is 0 Å². The maximum atomic E-state index is 14.0. The largest absolute Gasteiger partial charge is 0.324 e. The second kappa shape index (κ2) is 8.09. The summed E-state index contributed by atoms with van der Waals surface area (Å²) in [5, 5.41) is 3.55. The molecule has 1 N–H and O–H groups in total. The number of rotatable bonds is 4. The maximum Gasteiger partial charge on any atom is 0.125 e. The third kappa shape index (κ3) is 3.51. The van der Waals surface area contributed by atoms with Gasteiger partial charge in [0.15, 0.2) is 0 Å². The normalized spacial score (nSPS) is 33.3. The van der Waals surface area contributed by atoms with Gasteiger partial charge in [0.1, 0.15) is 11.6 Å². The number of hydrogen-bond donors (Lipinski definition) is 1. The first-order valence-electron chi connectivity index (χ1n) is 13.1. The molecule has 2 aromatic rings. The summed E-state index contributed by atoms with van der Waals surface area (Å²) < 4.78 is 16.5. The third-order valence-corrected chi connectivity index (χ3v) is 9.76. The monoisotopic (exact) mass is 438 g/mol. The molecule has 3 saturated carbocycles. The third-order valence-electron chi connectivity index (χ3n) is 9.76. The number of piperidine rings is 2. The number of imidazole rings is 1. The Morgan fingerprint density at radius 3 is 2.69 bits per heavy atom. The molecule has 0 amide bonds. The van der Waals surface area contributed by atoms with Crippen LogP contribution < -0.4 is 5.32 Å². The van der Waals surface area contributed by atoms with Crippen LogP contribution in [0.15, 0.2) is 18.2 Å². The molecule has 2 bridgehead atoms. The van der Waals surface area contributed by atoms with E-state index in [-0.39, 0.29) is 5.82 Å². The van der Waals surface area contributed by atoms with E-state index in [0.717, 1.165) is 41.9 Å². The molecule has 174 valence electrons. The van der Waals surface area contributed by atoms with Gasteiger partial charge in [-0.05, 0) is 86.8 Å². The summed E-state index contributed by atoms with van der Waals surface area (Å²) in [5.41, 5.74) is 2.53. The van der Waals surface area contributed by atoms with Gasteiger partial charge < -0.3 is 14.8 Å². The van der Waals surface area contributed by atoms with Crippen molar-refractivity contribution in [1.29, 1.82) is 0 Å². The second-order valence-electron chi connectivity index (χ2n) is 11.7. The van der Waals surface area contributed by atoms with Crippen LogP contribution in [0.1, 0.15) is 76.6 Å². The first-order valence-corrected chi connectivity index (χ1v) is 13.1. The highest BCUT2D eigenvalue weighted by atomic mass is 19.1. The standard InChI is InChI=1S/C27H39FN4/c1-27(2)20-6-5-19(23(27)14-20)17-31-12-9-22(10-13-31)32-25-8-7-21(28)15-24(25)30-26(32)18-4-3-11-29-16-18/h7-8,15,18-20,22-23,29H,3-6,9-14,16-17H2,1-2H3/t18-,19+,20+,23+/m1/s1. The molecule has 5 aliphatic rings. The Morgan fingerprint density at radius 2 is 1.97 bits per heavy atom. The average Bonchev–Trinajstić information content (AvgIpc) is 3.18. The quantitative estimate of drug-likeness (QED) is 0.698. The molecule has 2 saturated heterocycles. The first kappa shape index (κ1) is 21.1. The van der Waals surface area contributed by atoms with Gasteiger partial charge in [-0.1, -0.05) is 13.8 Å². The van der Waals surface area contributed by atoms with Gasteiger partial charge in [-0.25, -0.2) is 9.37 Å². The minimum Gasteiger partial charge on any atom is -0.324 e. The second-order valence-corrected chi connectivity index (χ2v) is 11.7. The van der Waals surface area contributed by atoms with E-state index in [9.17, 15) is 4.39 Å². The van der Waals surface area contributed by atoms with Crippen LogP contribution in [-0.4, -0.2) is 47.2 Å². The summed E-state index contributed by atoms with van der Waals surface area (Å²) in [6.45, 7) is 10.8. The molecule has 7 rings (SSSR count). The molecule has 3 heterocycles. The highest BCUT2D eigenvalue weighted by molar-refractivity contribution is 5.76. The molecule has 3 aliphatic carbocycles. The van der Waals surface area contributed by atoms with Gasteiger partial charge in [-0.15, -0.1) is 0 Å². The summed E-state index contributed by atoms with van der Waals surface area (Å²) in [5.74, 6) is 4.27. The Labute approximate surface area is 192 Å². The van der Waals surface area contributed by atoms with E-state index in [4.69, 9.17) is 4.98 Å². The van der Waals surface area contributed by atoms with Crippen molar-refractivity contribution in [2.75, 3.05) is 32.7 Å². The number of halogens is 1. The highest BCUT2D eigenvalue weighted by Crippen LogP contribution is 2.61. The number of fused-ring (bicyclic) bond motifs is 3. The van der Waals surface area contributed by atoms with E-state index in [1.54, 1.807) is 12.1 Å². The van der Waals surface area contributed by atoms with E-state index in [1.165, 1.54) is 70.4 Å². The summed E-state index contributed by atoms with van der Waals surface area (Å²) in [6, 6.07) is 5.67. The van der Waals surface area contributed by atoms with Crippen molar-refractivity contribution in [2.45, 2.75) is 70.8 Å². The van der Waals surface area contributed by atoms with Crippen molar-refractivity contribution in [3.05, 3.63) is 29.8 Å². The van der Waals surface area contributed by atoms with Gasteiger partial charge in [0.25, 0.3) is 0 Å². The van der Waals surface area contributed by atoms with Crippen LogP contribution in [0.3, 0.4) is 0 Å². The molecule has 1 aromatic carbocycles. The smallest absolute Gasteiger partial charge is 0.125 e. The number of likely N-dealkylation sites (tertiary alicyclic amines) is 1. The zero-order valence-electron chi connectivity index (χ0n) is 19.8. The fraction of sp³-hybridized carbons (Fsp3) is 0.741. The predicted molar refractivity (Wildman–Crippen MR) is 127 cm³/mol. The highest BCUT2D eigenvalue weighted by Gasteiger charge is 2.54. The molecule has 0 spiro atoms. The molecule has 4 atom stereocenters. The van der Waals surface area contributed by atoms with Crippen LogP contribution in [0.25, 0.3) is 11.0 Å². The predicted octanol–water partition coefficient (Wildman–Crippen LogP) is 5.35. The lowest BCUT2D eigenvalue weighted by atomic mass is 9.45. The molecule has 0 unspecified atom stereocenters. The van der Waals surface area contributed by atoms with Gasteiger partial charge in [-0.3, -0.25) is 0 Å². The summed E-state index contributed by atoms with van der Waals surface area (Å²) >= 11 is 0. The minimum atomic E-state index is -0.182. The molecular weight excluding hydrogens is 399 g/mol. The van der Waals surface area contributed by atoms with E-state index in [2.05, 4.69) is 28.6 Å². The lowest BCUT2D eigenvalue weighted by Gasteiger charge is -2.61. The Morgan fingerprint density at radius 1 is 1.12 bits per heavy atom. The lowest BCUT2D eigenvalue weighted by Crippen LogP contribution is -2.55. The maximum absolute atomic E-state index is 14.0. The zero-order valence-corrected chi connectivity index (χ0v) is 19.8. The average molecular weight is 439 g/mol. The number of benzene rings is 1. The number of nitrogens with one attached hydrogen (secondary N) is 1. The zero-order chi connectivity index (χ0) is 21.9. The summed E-state index contributed by atoms with van der Waals surface area (Å²) in [7, 11) is 0. The van der Waals surface area contributed by atoms with Crippen molar-refractivity contribution >= 4 is 11.0 Å². The van der Waals surface area contributed by atoms with E-state index in [1.807, 2.05) is 6.07 Å². The van der Waals surface area contributed by atoms with Gasteiger partial charge in [0.05, 0.1) is 11.0 Å². The van der Waals surface area contributed by atoms with Crippen LogP contribution >= 0.6 is 0 Å². The van der Waals surface area contributed by atoms with Crippen molar-refractivity contribution < 1.29 is 4.39 Å².